The molecule has 0 radical (unpaired) electrons. The lowest BCUT2D eigenvalue weighted by Crippen LogP contribution is -1.92. The molecule has 1 aliphatic rings. The van der Waals surface area contributed by atoms with Crippen LogP contribution in [0, 0.1) is 0 Å². The molecule has 0 aromatic rings. The van der Waals surface area contributed by atoms with Crippen molar-refractivity contribution in [1.29, 1.82) is 0 Å². The molecule has 22 heavy (non-hydrogen) atoms. The monoisotopic (exact) mass is 320 g/mol. The Kier molecular flexibility index (Phi) is 31.6. The maximum absolute atomic E-state index is 9.60. The molecule has 0 aromatic heterocycles. The molecule has 0 atom stereocenters. The standard InChI is InChI=1S/C6H12.2C4H6O2.2CH4O/c1-2-4-6-5-3-1;2*1-3(2)4(5)6;2*1-2/h1-6H2;2*1H2,2H3,(H,5,6);2*2H,1H3. The van der Waals surface area contributed by atoms with E-state index in [-0.39, 0.29) is 11.1 Å². The van der Waals surface area contributed by atoms with E-state index in [0.29, 0.717) is 0 Å². The third-order valence-corrected chi connectivity index (χ3v) is 2.23. The molecule has 1 rings (SSSR count). The smallest absolute Gasteiger partial charge is 0.330 e. The van der Waals surface area contributed by atoms with Gasteiger partial charge in [0.1, 0.15) is 0 Å². The van der Waals surface area contributed by atoms with Crippen molar-refractivity contribution >= 4 is 11.9 Å². The molecule has 4 N–H and O–H groups in total. The average Bonchev–Trinajstić information content (AvgIpc) is 2.54. The molecule has 0 amide bonds. The van der Waals surface area contributed by atoms with E-state index < -0.39 is 11.9 Å². The number of carbonyl (C=O) groups is 2. The molecular formula is C16H32O6. The Morgan fingerprint density at radius 2 is 0.727 bits per heavy atom. The predicted octanol–water partition coefficient (Wildman–Crippen LogP) is 2.85. The number of carboxylic acids is 2. The summed E-state index contributed by atoms with van der Waals surface area (Å²) >= 11 is 0. The van der Waals surface area contributed by atoms with Crippen LogP contribution in [0.1, 0.15) is 52.4 Å². The number of aliphatic hydroxyl groups is 2. The quantitative estimate of drug-likeness (QED) is 0.582. The van der Waals surface area contributed by atoms with E-state index in [0.717, 1.165) is 14.2 Å². The zero-order chi connectivity index (χ0) is 18.6. The van der Waals surface area contributed by atoms with Crippen LogP contribution < -0.4 is 0 Å². The number of rotatable bonds is 2. The summed E-state index contributed by atoms with van der Waals surface area (Å²) in [5, 5.41) is 29.8. The van der Waals surface area contributed by atoms with Crippen LogP contribution in [0.2, 0.25) is 0 Å². The summed E-state index contributed by atoms with van der Waals surface area (Å²) in [5.41, 5.74) is 0.352. The molecule has 6 nitrogen and oxygen atoms in total. The van der Waals surface area contributed by atoms with Crippen LogP contribution >= 0.6 is 0 Å². The number of aliphatic carboxylic acids is 2. The highest BCUT2D eigenvalue weighted by atomic mass is 16.4. The molecule has 0 heterocycles. The molecule has 0 aromatic carbocycles. The molecular weight excluding hydrogens is 288 g/mol. The number of carboxylic acid groups (broad SMARTS) is 2. The first-order valence-electron chi connectivity index (χ1n) is 6.96. The molecule has 1 aliphatic carbocycles. The van der Waals surface area contributed by atoms with Crippen molar-refractivity contribution in [3.05, 3.63) is 24.3 Å². The van der Waals surface area contributed by atoms with Gasteiger partial charge in [0.25, 0.3) is 0 Å². The van der Waals surface area contributed by atoms with Gasteiger partial charge in [-0.2, -0.15) is 0 Å². The lowest BCUT2D eigenvalue weighted by molar-refractivity contribution is -0.133. The highest BCUT2D eigenvalue weighted by Gasteiger charge is 1.95. The van der Waals surface area contributed by atoms with E-state index in [4.69, 9.17) is 20.4 Å². The van der Waals surface area contributed by atoms with Gasteiger partial charge in [0, 0.05) is 25.4 Å². The minimum absolute atomic E-state index is 0.176. The minimum atomic E-state index is -0.935. The van der Waals surface area contributed by atoms with Gasteiger partial charge in [-0.1, -0.05) is 51.7 Å². The van der Waals surface area contributed by atoms with Crippen molar-refractivity contribution in [1.82, 2.24) is 0 Å². The van der Waals surface area contributed by atoms with Gasteiger partial charge >= 0.3 is 11.9 Å². The summed E-state index contributed by atoms with van der Waals surface area (Å²) in [4.78, 5) is 19.2. The Labute approximate surface area is 133 Å². The summed E-state index contributed by atoms with van der Waals surface area (Å²) < 4.78 is 0. The maximum atomic E-state index is 9.60. The largest absolute Gasteiger partial charge is 0.478 e. The first kappa shape index (κ1) is 28.5. The molecule has 0 bridgehead atoms. The number of hydrogen-bond acceptors (Lipinski definition) is 4. The molecule has 132 valence electrons. The van der Waals surface area contributed by atoms with Crippen LogP contribution in [-0.2, 0) is 9.59 Å². The lowest BCUT2D eigenvalue weighted by atomic mass is 10.0. The van der Waals surface area contributed by atoms with Crippen molar-refractivity contribution in [2.45, 2.75) is 52.4 Å². The van der Waals surface area contributed by atoms with E-state index in [1.807, 2.05) is 0 Å². The summed E-state index contributed by atoms with van der Waals surface area (Å²) in [6.45, 7) is 9.20. The van der Waals surface area contributed by atoms with Gasteiger partial charge < -0.3 is 20.4 Å². The Hall–Kier alpha value is -1.66. The Balaban J connectivity index is -0.0000000990. The van der Waals surface area contributed by atoms with Gasteiger partial charge in [-0.3, -0.25) is 0 Å². The predicted molar refractivity (Wildman–Crippen MR) is 88.9 cm³/mol. The molecule has 1 saturated carbocycles. The number of hydrogen-bond donors (Lipinski definition) is 4. The lowest BCUT2D eigenvalue weighted by Gasteiger charge is -2.05. The normalized spacial score (nSPS) is 11.2. The minimum Gasteiger partial charge on any atom is -0.478 e. The van der Waals surface area contributed by atoms with Crippen molar-refractivity contribution < 1.29 is 30.0 Å². The highest BCUT2D eigenvalue weighted by molar-refractivity contribution is 5.85. The topological polar surface area (TPSA) is 115 Å². The molecule has 1 fully saturated rings. The van der Waals surface area contributed by atoms with Gasteiger partial charge in [0.05, 0.1) is 0 Å². The van der Waals surface area contributed by atoms with E-state index in [9.17, 15) is 9.59 Å². The second-order valence-corrected chi connectivity index (χ2v) is 4.29. The molecule has 0 saturated heterocycles. The second-order valence-electron chi connectivity index (χ2n) is 4.29. The van der Waals surface area contributed by atoms with Crippen molar-refractivity contribution in [3.8, 4) is 0 Å². The fourth-order valence-corrected chi connectivity index (χ4v) is 1.06. The van der Waals surface area contributed by atoms with Crippen molar-refractivity contribution in [2.75, 3.05) is 14.2 Å². The average molecular weight is 320 g/mol. The second kappa shape index (κ2) is 24.4. The van der Waals surface area contributed by atoms with Crippen LogP contribution in [0.5, 0.6) is 0 Å². The molecule has 0 spiro atoms. The highest BCUT2D eigenvalue weighted by Crippen LogP contribution is 2.15. The van der Waals surface area contributed by atoms with Gasteiger partial charge in [0.15, 0.2) is 0 Å². The van der Waals surface area contributed by atoms with E-state index in [2.05, 4.69) is 13.2 Å². The van der Waals surface area contributed by atoms with E-state index >= 15 is 0 Å². The summed E-state index contributed by atoms with van der Waals surface area (Å²) in [7, 11) is 2.00. The third-order valence-electron chi connectivity index (χ3n) is 2.23. The van der Waals surface area contributed by atoms with Gasteiger partial charge in [0.2, 0.25) is 0 Å². The van der Waals surface area contributed by atoms with Gasteiger partial charge in [-0.15, -0.1) is 0 Å². The van der Waals surface area contributed by atoms with Crippen molar-refractivity contribution in [3.63, 3.8) is 0 Å². The summed E-state index contributed by atoms with van der Waals surface area (Å²) in [5.74, 6) is -1.87. The summed E-state index contributed by atoms with van der Waals surface area (Å²) in [6.07, 6.45) is 9.00. The van der Waals surface area contributed by atoms with Crippen LogP contribution in [0.4, 0.5) is 0 Å². The molecule has 6 heteroatoms. The van der Waals surface area contributed by atoms with Gasteiger partial charge in [-0.25, -0.2) is 9.59 Å². The van der Waals surface area contributed by atoms with Crippen LogP contribution in [0.3, 0.4) is 0 Å². The zero-order valence-corrected chi connectivity index (χ0v) is 14.3. The first-order valence-corrected chi connectivity index (χ1v) is 6.96. The SMILES string of the molecule is C1CCCCC1.C=C(C)C(=O)O.C=C(C)C(=O)O.CO.CO. The molecule has 0 aliphatic heterocycles. The van der Waals surface area contributed by atoms with Crippen LogP contribution in [0.25, 0.3) is 0 Å². The van der Waals surface area contributed by atoms with Crippen molar-refractivity contribution in [2.24, 2.45) is 0 Å². The maximum Gasteiger partial charge on any atom is 0.330 e. The number of aliphatic hydroxyl groups excluding tert-OH is 2. The summed E-state index contributed by atoms with van der Waals surface area (Å²) in [6, 6.07) is 0. The van der Waals surface area contributed by atoms with Crippen LogP contribution in [-0.4, -0.2) is 46.6 Å². The van der Waals surface area contributed by atoms with E-state index in [1.54, 1.807) is 0 Å². The van der Waals surface area contributed by atoms with Crippen LogP contribution in [0.15, 0.2) is 24.3 Å². The Morgan fingerprint density at radius 1 is 0.636 bits per heavy atom. The fourth-order valence-electron chi connectivity index (χ4n) is 1.06. The third kappa shape index (κ3) is 36.2. The zero-order valence-electron chi connectivity index (χ0n) is 14.3. The van der Waals surface area contributed by atoms with E-state index in [1.165, 1.54) is 52.4 Å². The molecule has 0 unspecified atom stereocenters. The fraction of sp³-hybridized carbons (Fsp3) is 0.625. The van der Waals surface area contributed by atoms with Gasteiger partial charge in [-0.05, 0) is 13.8 Å². The first-order chi connectivity index (χ1) is 10.3. The Bertz CT molecular complexity index is 234. The Morgan fingerprint density at radius 3 is 0.773 bits per heavy atom.